The third-order valence-corrected chi connectivity index (χ3v) is 3.81. The molecule has 5 nitrogen and oxygen atoms in total. The van der Waals surface area contributed by atoms with Gasteiger partial charge < -0.3 is 9.88 Å². The number of carbonyl (C=O) groups excluding carboxylic acids is 1. The van der Waals surface area contributed by atoms with E-state index in [9.17, 15) is 4.79 Å². The number of amides is 1. The van der Waals surface area contributed by atoms with Crippen LogP contribution in [0.2, 0.25) is 0 Å². The summed E-state index contributed by atoms with van der Waals surface area (Å²) in [6.07, 6.45) is 2.69. The first-order valence-electron chi connectivity index (χ1n) is 6.83. The van der Waals surface area contributed by atoms with Crippen LogP contribution < -0.4 is 5.32 Å². The molecule has 1 saturated heterocycles. The standard InChI is InChI=1S/C14H24N4O/c1-10-12(17(5)9-15-10)13(19)16-11-6-7-18(8-11)14(2,3)4/h9,11H,6-8H2,1-5H3,(H,16,19). The zero-order chi connectivity index (χ0) is 14.2. The van der Waals surface area contributed by atoms with Crippen molar-refractivity contribution >= 4 is 5.91 Å². The van der Waals surface area contributed by atoms with Gasteiger partial charge in [0.15, 0.2) is 0 Å². The predicted molar refractivity (Wildman–Crippen MR) is 75.1 cm³/mol. The fraction of sp³-hybridized carbons (Fsp3) is 0.714. The molecule has 1 fully saturated rings. The second-order valence-electron chi connectivity index (χ2n) is 6.37. The molecule has 106 valence electrons. The highest BCUT2D eigenvalue weighted by molar-refractivity contribution is 5.93. The molecule has 19 heavy (non-hydrogen) atoms. The van der Waals surface area contributed by atoms with Gasteiger partial charge in [-0.15, -0.1) is 0 Å². The van der Waals surface area contributed by atoms with Crippen LogP contribution in [0.15, 0.2) is 6.33 Å². The highest BCUT2D eigenvalue weighted by Gasteiger charge is 2.31. The Morgan fingerprint density at radius 2 is 2.16 bits per heavy atom. The minimum absolute atomic E-state index is 0.0155. The molecule has 1 unspecified atom stereocenters. The molecule has 0 saturated carbocycles. The van der Waals surface area contributed by atoms with Gasteiger partial charge in [-0.05, 0) is 34.1 Å². The van der Waals surface area contributed by atoms with Gasteiger partial charge in [0.1, 0.15) is 5.69 Å². The zero-order valence-electron chi connectivity index (χ0n) is 12.5. The van der Waals surface area contributed by atoms with Gasteiger partial charge in [-0.1, -0.05) is 0 Å². The molecule has 1 aromatic heterocycles. The van der Waals surface area contributed by atoms with Crippen molar-refractivity contribution in [3.05, 3.63) is 17.7 Å². The van der Waals surface area contributed by atoms with Crippen molar-refractivity contribution in [2.75, 3.05) is 13.1 Å². The van der Waals surface area contributed by atoms with Gasteiger partial charge in [0.05, 0.1) is 12.0 Å². The zero-order valence-corrected chi connectivity index (χ0v) is 12.5. The number of hydrogen-bond acceptors (Lipinski definition) is 3. The number of aromatic nitrogens is 2. The molecule has 0 radical (unpaired) electrons. The van der Waals surface area contributed by atoms with Crippen LogP contribution in [0.1, 0.15) is 43.4 Å². The predicted octanol–water partition coefficient (Wildman–Crippen LogP) is 1.33. The Labute approximate surface area is 115 Å². The molecule has 0 aliphatic carbocycles. The SMILES string of the molecule is Cc1ncn(C)c1C(=O)NC1CCN(C(C)(C)C)C1. The molecule has 1 aromatic rings. The lowest BCUT2D eigenvalue weighted by molar-refractivity contribution is 0.0923. The van der Waals surface area contributed by atoms with Gasteiger partial charge in [-0.25, -0.2) is 4.98 Å². The quantitative estimate of drug-likeness (QED) is 0.877. The van der Waals surface area contributed by atoms with E-state index < -0.39 is 0 Å². The van der Waals surface area contributed by atoms with Crippen LogP contribution in [0.3, 0.4) is 0 Å². The van der Waals surface area contributed by atoms with E-state index in [4.69, 9.17) is 0 Å². The molecule has 0 spiro atoms. The Hall–Kier alpha value is -1.36. The maximum Gasteiger partial charge on any atom is 0.270 e. The highest BCUT2D eigenvalue weighted by atomic mass is 16.2. The number of rotatable bonds is 2. The van der Waals surface area contributed by atoms with E-state index in [-0.39, 0.29) is 17.5 Å². The first-order chi connectivity index (χ1) is 8.79. The highest BCUT2D eigenvalue weighted by Crippen LogP contribution is 2.20. The van der Waals surface area contributed by atoms with Crippen molar-refractivity contribution in [1.29, 1.82) is 0 Å². The average Bonchev–Trinajstić information content (AvgIpc) is 2.85. The van der Waals surface area contributed by atoms with E-state index in [1.807, 2.05) is 14.0 Å². The van der Waals surface area contributed by atoms with Crippen molar-refractivity contribution in [1.82, 2.24) is 19.8 Å². The summed E-state index contributed by atoms with van der Waals surface area (Å²) < 4.78 is 1.78. The normalized spacial score (nSPS) is 20.8. The fourth-order valence-corrected chi connectivity index (χ4v) is 2.61. The van der Waals surface area contributed by atoms with Gasteiger partial charge in [0.25, 0.3) is 5.91 Å². The first kappa shape index (κ1) is 14.1. The van der Waals surface area contributed by atoms with Crippen molar-refractivity contribution in [2.45, 2.75) is 45.7 Å². The van der Waals surface area contributed by atoms with E-state index >= 15 is 0 Å². The Bertz CT molecular complexity index is 453. The largest absolute Gasteiger partial charge is 0.347 e. The number of nitrogens with one attached hydrogen (secondary N) is 1. The number of likely N-dealkylation sites (tertiary alicyclic amines) is 1. The molecule has 5 heteroatoms. The van der Waals surface area contributed by atoms with Crippen molar-refractivity contribution in [3.63, 3.8) is 0 Å². The Kier molecular flexibility index (Phi) is 3.67. The van der Waals surface area contributed by atoms with Crippen LogP contribution in [0, 0.1) is 6.92 Å². The first-order valence-corrected chi connectivity index (χ1v) is 6.83. The van der Waals surface area contributed by atoms with Gasteiger partial charge in [0, 0.05) is 31.7 Å². The van der Waals surface area contributed by atoms with Crippen LogP contribution in [0.5, 0.6) is 0 Å². The van der Waals surface area contributed by atoms with Crippen molar-refractivity contribution in [2.24, 2.45) is 7.05 Å². The van der Waals surface area contributed by atoms with Crippen LogP contribution in [0.25, 0.3) is 0 Å². The average molecular weight is 264 g/mol. The van der Waals surface area contributed by atoms with Crippen LogP contribution in [0.4, 0.5) is 0 Å². The molecule has 1 amide bonds. The summed E-state index contributed by atoms with van der Waals surface area (Å²) in [4.78, 5) is 18.8. The lowest BCUT2D eigenvalue weighted by atomic mass is 10.1. The number of nitrogens with zero attached hydrogens (tertiary/aromatic N) is 3. The number of hydrogen-bond donors (Lipinski definition) is 1. The summed E-state index contributed by atoms with van der Waals surface area (Å²) in [5.74, 6) is -0.0155. The number of carbonyl (C=O) groups is 1. The molecule has 2 heterocycles. The lowest BCUT2D eigenvalue weighted by Gasteiger charge is -2.31. The molecule has 2 rings (SSSR count). The third-order valence-electron chi connectivity index (χ3n) is 3.81. The fourth-order valence-electron chi connectivity index (χ4n) is 2.61. The molecule has 1 N–H and O–H groups in total. The summed E-state index contributed by atoms with van der Waals surface area (Å²) in [7, 11) is 1.85. The van der Waals surface area contributed by atoms with E-state index in [0.29, 0.717) is 5.69 Å². The van der Waals surface area contributed by atoms with Crippen LogP contribution in [-0.2, 0) is 7.05 Å². The van der Waals surface area contributed by atoms with E-state index in [0.717, 1.165) is 25.2 Å². The number of imidazole rings is 1. The van der Waals surface area contributed by atoms with Crippen LogP contribution in [-0.4, -0.2) is 45.0 Å². The van der Waals surface area contributed by atoms with Gasteiger partial charge in [0.2, 0.25) is 0 Å². The third kappa shape index (κ3) is 2.97. The maximum atomic E-state index is 12.3. The monoisotopic (exact) mass is 264 g/mol. The summed E-state index contributed by atoms with van der Waals surface area (Å²) >= 11 is 0. The summed E-state index contributed by atoms with van der Waals surface area (Å²) in [5, 5.41) is 3.12. The maximum absolute atomic E-state index is 12.3. The molecular weight excluding hydrogens is 240 g/mol. The second kappa shape index (κ2) is 4.96. The van der Waals surface area contributed by atoms with Crippen molar-refractivity contribution < 1.29 is 4.79 Å². The molecular formula is C14H24N4O. The second-order valence-corrected chi connectivity index (χ2v) is 6.37. The van der Waals surface area contributed by atoms with E-state index in [1.54, 1.807) is 10.9 Å². The van der Waals surface area contributed by atoms with Gasteiger partial charge in [-0.2, -0.15) is 0 Å². The Morgan fingerprint density at radius 3 is 2.63 bits per heavy atom. The minimum Gasteiger partial charge on any atom is -0.347 e. The molecule has 0 bridgehead atoms. The van der Waals surface area contributed by atoms with Crippen LogP contribution >= 0.6 is 0 Å². The lowest BCUT2D eigenvalue weighted by Crippen LogP contribution is -2.43. The van der Waals surface area contributed by atoms with E-state index in [1.165, 1.54) is 0 Å². The van der Waals surface area contributed by atoms with Gasteiger partial charge >= 0.3 is 0 Å². The van der Waals surface area contributed by atoms with Gasteiger partial charge in [-0.3, -0.25) is 9.69 Å². The smallest absolute Gasteiger partial charge is 0.270 e. The Morgan fingerprint density at radius 1 is 1.47 bits per heavy atom. The number of aryl methyl sites for hydroxylation is 2. The van der Waals surface area contributed by atoms with Crippen molar-refractivity contribution in [3.8, 4) is 0 Å². The molecule has 1 aliphatic rings. The Balaban J connectivity index is 1.98. The molecule has 1 atom stereocenters. The summed E-state index contributed by atoms with van der Waals surface area (Å²) in [6, 6.07) is 0.237. The molecule has 1 aliphatic heterocycles. The summed E-state index contributed by atoms with van der Waals surface area (Å²) in [6.45, 7) is 10.5. The summed E-state index contributed by atoms with van der Waals surface area (Å²) in [5.41, 5.74) is 1.61. The van der Waals surface area contributed by atoms with E-state index in [2.05, 4.69) is 36.0 Å². The minimum atomic E-state index is -0.0155. The topological polar surface area (TPSA) is 50.2 Å². The molecule has 0 aromatic carbocycles.